The number of piperidine rings is 1. The highest BCUT2D eigenvalue weighted by molar-refractivity contribution is 5.95. The van der Waals surface area contributed by atoms with Crippen LogP contribution in [0.4, 0.5) is 4.79 Å². The average Bonchev–Trinajstić information content (AvgIpc) is 2.90. The summed E-state index contributed by atoms with van der Waals surface area (Å²) in [5.74, 6) is 0.338. The first kappa shape index (κ1) is 16.5. The van der Waals surface area contributed by atoms with Crippen molar-refractivity contribution in [3.05, 3.63) is 24.2 Å². The molecule has 0 unspecified atom stereocenters. The molecule has 1 amide bonds. The molecule has 6 nitrogen and oxygen atoms in total. The summed E-state index contributed by atoms with van der Waals surface area (Å²) < 4.78 is 10.4. The number of likely N-dealkylation sites (tertiary alicyclic amines) is 1. The summed E-state index contributed by atoms with van der Waals surface area (Å²) in [4.78, 5) is 25.9. The molecule has 0 spiro atoms. The average molecular weight is 308 g/mol. The molecule has 0 saturated carbocycles. The van der Waals surface area contributed by atoms with E-state index in [4.69, 9.17) is 9.15 Å². The Hall–Kier alpha value is -1.82. The lowest BCUT2D eigenvalue weighted by Crippen LogP contribution is -2.49. The number of nitrogens with one attached hydrogen (secondary N) is 1. The number of hydrogen-bond acceptors (Lipinski definition) is 5. The van der Waals surface area contributed by atoms with Crippen molar-refractivity contribution in [2.75, 3.05) is 19.6 Å². The van der Waals surface area contributed by atoms with Crippen LogP contribution in [0.5, 0.6) is 0 Å². The second-order valence-electron chi connectivity index (χ2n) is 6.62. The zero-order chi connectivity index (χ0) is 16.2. The van der Waals surface area contributed by atoms with Crippen molar-refractivity contribution in [2.24, 2.45) is 0 Å². The highest BCUT2D eigenvalue weighted by Gasteiger charge is 2.25. The number of furan rings is 1. The van der Waals surface area contributed by atoms with E-state index in [0.29, 0.717) is 18.8 Å². The molecular formula is C16H24N2O4. The van der Waals surface area contributed by atoms with Crippen molar-refractivity contribution in [2.45, 2.75) is 45.3 Å². The van der Waals surface area contributed by atoms with E-state index in [-0.39, 0.29) is 11.8 Å². The number of alkyl carbamates (subject to hydrolysis) is 1. The molecule has 1 aromatic heterocycles. The Kier molecular flexibility index (Phi) is 5.24. The molecule has 1 aliphatic heterocycles. The molecule has 1 atom stereocenters. The Morgan fingerprint density at radius 2 is 2.23 bits per heavy atom. The summed E-state index contributed by atoms with van der Waals surface area (Å²) in [7, 11) is 0. The quantitative estimate of drug-likeness (QED) is 0.865. The number of ether oxygens (including phenoxy) is 1. The Labute approximate surface area is 130 Å². The summed E-state index contributed by atoms with van der Waals surface area (Å²) >= 11 is 0. The van der Waals surface area contributed by atoms with E-state index >= 15 is 0 Å². The summed E-state index contributed by atoms with van der Waals surface area (Å²) in [5, 5.41) is 2.88. The molecule has 1 aromatic rings. The van der Waals surface area contributed by atoms with Crippen LogP contribution in [0.3, 0.4) is 0 Å². The van der Waals surface area contributed by atoms with Gasteiger partial charge in [-0.3, -0.25) is 9.69 Å². The molecule has 2 rings (SSSR count). The van der Waals surface area contributed by atoms with Crippen molar-refractivity contribution in [3.63, 3.8) is 0 Å². The standard InChI is InChI=1S/C16H24N2O4/c1-16(2,3)22-15(20)17-12-6-4-8-18(10-12)11-13(19)14-7-5-9-21-14/h5,7,9,12H,4,6,8,10-11H2,1-3H3,(H,17,20)/t12-/m0/s1. The van der Waals surface area contributed by atoms with E-state index in [1.165, 1.54) is 6.26 Å². The Balaban J connectivity index is 1.81. The number of hydrogen-bond donors (Lipinski definition) is 1. The highest BCUT2D eigenvalue weighted by Crippen LogP contribution is 2.13. The molecule has 0 bridgehead atoms. The van der Waals surface area contributed by atoms with Crippen LogP contribution >= 0.6 is 0 Å². The van der Waals surface area contributed by atoms with Gasteiger partial charge in [-0.15, -0.1) is 0 Å². The second kappa shape index (κ2) is 6.96. The highest BCUT2D eigenvalue weighted by atomic mass is 16.6. The van der Waals surface area contributed by atoms with Crippen LogP contribution in [0.2, 0.25) is 0 Å². The lowest BCUT2D eigenvalue weighted by atomic mass is 10.1. The fourth-order valence-electron chi connectivity index (χ4n) is 2.51. The molecule has 0 aromatic carbocycles. The Morgan fingerprint density at radius 1 is 1.45 bits per heavy atom. The van der Waals surface area contributed by atoms with Gasteiger partial charge in [0.15, 0.2) is 5.76 Å². The van der Waals surface area contributed by atoms with Crippen LogP contribution in [-0.4, -0.2) is 48.1 Å². The monoisotopic (exact) mass is 308 g/mol. The second-order valence-corrected chi connectivity index (χ2v) is 6.62. The Bertz CT molecular complexity index is 505. The van der Waals surface area contributed by atoms with Gasteiger partial charge < -0.3 is 14.5 Å². The van der Waals surface area contributed by atoms with Crippen LogP contribution in [-0.2, 0) is 4.74 Å². The predicted octanol–water partition coefficient (Wildman–Crippen LogP) is 2.45. The molecule has 2 heterocycles. The van der Waals surface area contributed by atoms with Crippen LogP contribution in [0.25, 0.3) is 0 Å². The number of rotatable bonds is 4. The van der Waals surface area contributed by atoms with E-state index in [1.54, 1.807) is 12.1 Å². The first-order valence-electron chi connectivity index (χ1n) is 7.62. The lowest BCUT2D eigenvalue weighted by Gasteiger charge is -2.32. The van der Waals surface area contributed by atoms with Gasteiger partial charge in [-0.2, -0.15) is 0 Å². The normalized spacial score (nSPS) is 19.7. The van der Waals surface area contributed by atoms with Gasteiger partial charge in [0.05, 0.1) is 12.8 Å². The fraction of sp³-hybridized carbons (Fsp3) is 0.625. The minimum atomic E-state index is -0.506. The molecular weight excluding hydrogens is 284 g/mol. The summed E-state index contributed by atoms with van der Waals surface area (Å²) in [6.45, 7) is 7.30. The van der Waals surface area contributed by atoms with Gasteiger partial charge in [0.25, 0.3) is 0 Å². The van der Waals surface area contributed by atoms with Gasteiger partial charge >= 0.3 is 6.09 Å². The maximum Gasteiger partial charge on any atom is 0.407 e. The maximum absolute atomic E-state index is 12.0. The van der Waals surface area contributed by atoms with E-state index < -0.39 is 11.7 Å². The first-order valence-corrected chi connectivity index (χ1v) is 7.62. The van der Waals surface area contributed by atoms with Crippen LogP contribution in [0.1, 0.15) is 44.2 Å². The van der Waals surface area contributed by atoms with Crippen molar-refractivity contribution in [3.8, 4) is 0 Å². The smallest absolute Gasteiger partial charge is 0.407 e. The van der Waals surface area contributed by atoms with E-state index in [2.05, 4.69) is 5.32 Å². The molecule has 0 radical (unpaired) electrons. The zero-order valence-corrected chi connectivity index (χ0v) is 13.4. The molecule has 1 fully saturated rings. The van der Waals surface area contributed by atoms with Gasteiger partial charge in [0.2, 0.25) is 5.78 Å². The largest absolute Gasteiger partial charge is 0.461 e. The summed E-state index contributed by atoms with van der Waals surface area (Å²) in [5.41, 5.74) is -0.506. The predicted molar refractivity (Wildman–Crippen MR) is 81.9 cm³/mol. The molecule has 0 aliphatic carbocycles. The third kappa shape index (κ3) is 5.18. The molecule has 122 valence electrons. The molecule has 1 saturated heterocycles. The van der Waals surface area contributed by atoms with Gasteiger partial charge in [-0.05, 0) is 52.3 Å². The summed E-state index contributed by atoms with van der Waals surface area (Å²) in [6, 6.07) is 3.38. The number of carbonyl (C=O) groups excluding carboxylic acids is 2. The SMILES string of the molecule is CC(C)(C)OC(=O)N[C@H]1CCCN(CC(=O)c2ccco2)C1. The van der Waals surface area contributed by atoms with Crippen molar-refractivity contribution in [1.82, 2.24) is 10.2 Å². The first-order chi connectivity index (χ1) is 10.3. The van der Waals surface area contributed by atoms with Crippen LogP contribution in [0.15, 0.2) is 22.8 Å². The van der Waals surface area contributed by atoms with Crippen molar-refractivity contribution >= 4 is 11.9 Å². The van der Waals surface area contributed by atoms with Crippen molar-refractivity contribution < 1.29 is 18.7 Å². The van der Waals surface area contributed by atoms with Gasteiger partial charge in [-0.25, -0.2) is 4.79 Å². The number of carbonyl (C=O) groups is 2. The number of amides is 1. The summed E-state index contributed by atoms with van der Waals surface area (Å²) in [6.07, 6.45) is 2.92. The van der Waals surface area contributed by atoms with Gasteiger partial charge in [0.1, 0.15) is 5.60 Å². The topological polar surface area (TPSA) is 71.8 Å². The zero-order valence-electron chi connectivity index (χ0n) is 13.4. The number of nitrogens with zero attached hydrogens (tertiary/aromatic N) is 1. The van der Waals surface area contributed by atoms with Gasteiger partial charge in [0, 0.05) is 12.6 Å². The third-order valence-electron chi connectivity index (χ3n) is 3.39. The van der Waals surface area contributed by atoms with Crippen molar-refractivity contribution in [1.29, 1.82) is 0 Å². The van der Waals surface area contributed by atoms with E-state index in [0.717, 1.165) is 19.4 Å². The van der Waals surface area contributed by atoms with Gasteiger partial charge in [-0.1, -0.05) is 0 Å². The Morgan fingerprint density at radius 3 is 2.86 bits per heavy atom. The number of Topliss-reactive ketones (excluding diaryl/α,β-unsaturated/α-hetero) is 1. The third-order valence-corrected chi connectivity index (χ3v) is 3.39. The number of ketones is 1. The lowest BCUT2D eigenvalue weighted by molar-refractivity contribution is 0.0472. The van der Waals surface area contributed by atoms with E-state index in [9.17, 15) is 9.59 Å². The molecule has 22 heavy (non-hydrogen) atoms. The minimum Gasteiger partial charge on any atom is -0.461 e. The molecule has 6 heteroatoms. The minimum absolute atomic E-state index is 0.00741. The molecule has 1 aliphatic rings. The van der Waals surface area contributed by atoms with E-state index in [1.807, 2.05) is 25.7 Å². The fourth-order valence-corrected chi connectivity index (χ4v) is 2.51. The maximum atomic E-state index is 12.0. The van der Waals surface area contributed by atoms with Crippen LogP contribution in [0, 0.1) is 0 Å². The van der Waals surface area contributed by atoms with Crippen LogP contribution < -0.4 is 5.32 Å². The molecule has 1 N–H and O–H groups in total.